The molecular formula is C14H12BrF2NO. The Bertz CT molecular complexity index is 581. The quantitative estimate of drug-likeness (QED) is 0.931. The largest absolute Gasteiger partial charge is 0.497 e. The highest BCUT2D eigenvalue weighted by molar-refractivity contribution is 9.10. The molecular weight excluding hydrogens is 316 g/mol. The van der Waals surface area contributed by atoms with Gasteiger partial charge in [-0.2, -0.15) is 0 Å². The van der Waals surface area contributed by atoms with E-state index in [1.807, 2.05) is 0 Å². The number of hydrogen-bond donors (Lipinski definition) is 1. The number of hydrogen-bond acceptors (Lipinski definition) is 2. The Morgan fingerprint density at radius 2 is 1.79 bits per heavy atom. The van der Waals surface area contributed by atoms with E-state index in [2.05, 4.69) is 15.9 Å². The van der Waals surface area contributed by atoms with Crippen LogP contribution < -0.4 is 10.5 Å². The van der Waals surface area contributed by atoms with Gasteiger partial charge in [-0.3, -0.25) is 0 Å². The summed E-state index contributed by atoms with van der Waals surface area (Å²) in [4.78, 5) is 0. The molecule has 0 spiro atoms. The van der Waals surface area contributed by atoms with E-state index in [0.29, 0.717) is 15.8 Å². The zero-order chi connectivity index (χ0) is 14.0. The molecule has 0 saturated heterocycles. The van der Waals surface area contributed by atoms with Crippen LogP contribution in [-0.4, -0.2) is 7.11 Å². The minimum atomic E-state index is -0.886. The molecule has 1 atom stereocenters. The van der Waals surface area contributed by atoms with E-state index >= 15 is 0 Å². The number of nitrogens with two attached hydrogens (primary N) is 1. The van der Waals surface area contributed by atoms with Crippen LogP contribution in [0.4, 0.5) is 8.78 Å². The van der Waals surface area contributed by atoms with Crippen LogP contribution in [0.3, 0.4) is 0 Å². The molecule has 19 heavy (non-hydrogen) atoms. The van der Waals surface area contributed by atoms with Crippen molar-refractivity contribution in [3.05, 3.63) is 63.6 Å². The van der Waals surface area contributed by atoms with Gasteiger partial charge in [-0.05, 0) is 29.8 Å². The van der Waals surface area contributed by atoms with Crippen LogP contribution in [0.15, 0.2) is 40.9 Å². The summed E-state index contributed by atoms with van der Waals surface area (Å²) < 4.78 is 33.1. The minimum Gasteiger partial charge on any atom is -0.497 e. The van der Waals surface area contributed by atoms with E-state index in [0.717, 1.165) is 0 Å². The molecule has 0 aromatic heterocycles. The number of halogens is 3. The van der Waals surface area contributed by atoms with E-state index < -0.39 is 17.7 Å². The van der Waals surface area contributed by atoms with Crippen LogP contribution in [0.25, 0.3) is 0 Å². The second-order valence-corrected chi connectivity index (χ2v) is 4.95. The van der Waals surface area contributed by atoms with Crippen molar-refractivity contribution in [2.24, 2.45) is 5.73 Å². The molecule has 0 bridgehead atoms. The Kier molecular flexibility index (Phi) is 4.17. The number of benzene rings is 2. The molecule has 0 fully saturated rings. The van der Waals surface area contributed by atoms with Crippen molar-refractivity contribution in [2.75, 3.05) is 7.11 Å². The fourth-order valence-corrected chi connectivity index (χ4v) is 2.25. The average Bonchev–Trinajstić information content (AvgIpc) is 2.37. The van der Waals surface area contributed by atoms with Crippen LogP contribution in [0.1, 0.15) is 17.2 Å². The molecule has 0 heterocycles. The first-order valence-corrected chi connectivity index (χ1v) is 6.36. The molecule has 100 valence electrons. The first-order chi connectivity index (χ1) is 9.02. The summed E-state index contributed by atoms with van der Waals surface area (Å²) in [5.41, 5.74) is 6.37. The average molecular weight is 328 g/mol. The van der Waals surface area contributed by atoms with Crippen LogP contribution in [0.2, 0.25) is 0 Å². The number of rotatable bonds is 3. The second kappa shape index (κ2) is 5.67. The molecule has 2 aromatic carbocycles. The molecule has 2 rings (SSSR count). The summed E-state index contributed by atoms with van der Waals surface area (Å²) in [5.74, 6) is -0.768. The van der Waals surface area contributed by atoms with Gasteiger partial charge in [-0.15, -0.1) is 0 Å². The third kappa shape index (κ3) is 2.93. The zero-order valence-electron chi connectivity index (χ0n) is 10.2. The molecule has 2 nitrogen and oxygen atoms in total. The van der Waals surface area contributed by atoms with Gasteiger partial charge in [0.1, 0.15) is 17.4 Å². The predicted octanol–water partition coefficient (Wildman–Crippen LogP) is 3.78. The maximum Gasteiger partial charge on any atom is 0.132 e. The van der Waals surface area contributed by atoms with Crippen LogP contribution in [0.5, 0.6) is 5.75 Å². The SMILES string of the molecule is COc1cccc(C(N)c2c(F)cc(Br)cc2F)c1. The van der Waals surface area contributed by atoms with Gasteiger partial charge in [0.05, 0.1) is 13.2 Å². The summed E-state index contributed by atoms with van der Waals surface area (Å²) in [6.07, 6.45) is 0. The molecule has 1 unspecified atom stereocenters. The molecule has 5 heteroatoms. The van der Waals surface area contributed by atoms with Crippen molar-refractivity contribution in [1.29, 1.82) is 0 Å². The topological polar surface area (TPSA) is 35.2 Å². The van der Waals surface area contributed by atoms with Crippen molar-refractivity contribution < 1.29 is 13.5 Å². The molecule has 0 radical (unpaired) electrons. The van der Waals surface area contributed by atoms with E-state index in [9.17, 15) is 8.78 Å². The van der Waals surface area contributed by atoms with Gasteiger partial charge < -0.3 is 10.5 Å². The smallest absolute Gasteiger partial charge is 0.132 e. The van der Waals surface area contributed by atoms with Crippen molar-refractivity contribution in [2.45, 2.75) is 6.04 Å². The maximum atomic E-state index is 13.8. The lowest BCUT2D eigenvalue weighted by atomic mass is 9.98. The number of ether oxygens (including phenoxy) is 1. The van der Waals surface area contributed by atoms with Crippen molar-refractivity contribution >= 4 is 15.9 Å². The normalized spacial score (nSPS) is 12.3. The van der Waals surface area contributed by atoms with Crippen LogP contribution in [0, 0.1) is 11.6 Å². The maximum absolute atomic E-state index is 13.8. The van der Waals surface area contributed by atoms with E-state index in [-0.39, 0.29) is 5.56 Å². The van der Waals surface area contributed by atoms with Gasteiger partial charge in [-0.1, -0.05) is 28.1 Å². The molecule has 0 aliphatic carbocycles. The third-order valence-corrected chi connectivity index (χ3v) is 3.27. The minimum absolute atomic E-state index is 0.156. The molecule has 0 aliphatic heterocycles. The van der Waals surface area contributed by atoms with Crippen molar-refractivity contribution in [3.8, 4) is 5.75 Å². The summed E-state index contributed by atoms with van der Waals surface area (Å²) in [7, 11) is 1.52. The standard InChI is InChI=1S/C14H12BrF2NO/c1-19-10-4-2-3-8(5-10)14(18)13-11(16)6-9(15)7-12(13)17/h2-7,14H,18H2,1H3. The molecule has 0 amide bonds. The fraction of sp³-hybridized carbons (Fsp3) is 0.143. The first-order valence-electron chi connectivity index (χ1n) is 5.57. The lowest BCUT2D eigenvalue weighted by Crippen LogP contribution is -2.15. The van der Waals surface area contributed by atoms with Crippen molar-refractivity contribution in [1.82, 2.24) is 0 Å². The van der Waals surface area contributed by atoms with E-state index in [1.165, 1.54) is 19.2 Å². The highest BCUT2D eigenvalue weighted by Crippen LogP contribution is 2.29. The monoisotopic (exact) mass is 327 g/mol. The molecule has 0 aliphatic rings. The molecule has 0 saturated carbocycles. The van der Waals surface area contributed by atoms with Gasteiger partial charge in [0.2, 0.25) is 0 Å². The van der Waals surface area contributed by atoms with E-state index in [1.54, 1.807) is 24.3 Å². The fourth-order valence-electron chi connectivity index (χ4n) is 1.85. The van der Waals surface area contributed by atoms with Gasteiger partial charge in [0.25, 0.3) is 0 Å². The third-order valence-electron chi connectivity index (χ3n) is 2.81. The summed E-state index contributed by atoms with van der Waals surface area (Å²) in [6.45, 7) is 0. The summed E-state index contributed by atoms with van der Waals surface area (Å²) in [6, 6.07) is 8.33. The lowest BCUT2D eigenvalue weighted by molar-refractivity contribution is 0.414. The van der Waals surface area contributed by atoms with E-state index in [4.69, 9.17) is 10.5 Å². The van der Waals surface area contributed by atoms with Gasteiger partial charge in [-0.25, -0.2) is 8.78 Å². The Morgan fingerprint density at radius 1 is 1.16 bits per heavy atom. The Morgan fingerprint density at radius 3 is 2.37 bits per heavy atom. The highest BCUT2D eigenvalue weighted by atomic mass is 79.9. The Hall–Kier alpha value is -1.46. The molecule has 2 aromatic rings. The predicted molar refractivity (Wildman–Crippen MR) is 73.1 cm³/mol. The Labute approximate surface area is 118 Å². The van der Waals surface area contributed by atoms with Crippen molar-refractivity contribution in [3.63, 3.8) is 0 Å². The highest BCUT2D eigenvalue weighted by Gasteiger charge is 2.19. The first kappa shape index (κ1) is 14.0. The zero-order valence-corrected chi connectivity index (χ0v) is 11.7. The number of methoxy groups -OCH3 is 1. The summed E-state index contributed by atoms with van der Waals surface area (Å²) in [5, 5.41) is 0. The van der Waals surface area contributed by atoms with Crippen LogP contribution >= 0.6 is 15.9 Å². The van der Waals surface area contributed by atoms with Crippen LogP contribution in [-0.2, 0) is 0 Å². The van der Waals surface area contributed by atoms with Gasteiger partial charge in [0.15, 0.2) is 0 Å². The van der Waals surface area contributed by atoms with Gasteiger partial charge in [0, 0.05) is 10.0 Å². The van der Waals surface area contributed by atoms with Gasteiger partial charge >= 0.3 is 0 Å². The summed E-state index contributed by atoms with van der Waals surface area (Å²) >= 11 is 3.03. The Balaban J connectivity index is 2.46. The second-order valence-electron chi connectivity index (χ2n) is 4.04. The lowest BCUT2D eigenvalue weighted by Gasteiger charge is -2.15. The molecule has 2 N–H and O–H groups in total.